The van der Waals surface area contributed by atoms with Crippen LogP contribution < -0.4 is 5.73 Å². The van der Waals surface area contributed by atoms with Crippen LogP contribution in [0.1, 0.15) is 16.1 Å². The lowest BCUT2D eigenvalue weighted by Crippen LogP contribution is -2.13. The van der Waals surface area contributed by atoms with E-state index < -0.39 is 5.91 Å². The maximum atomic E-state index is 10.6. The minimum atomic E-state index is -0.581. The van der Waals surface area contributed by atoms with Gasteiger partial charge in [0.15, 0.2) is 0 Å². The Morgan fingerprint density at radius 1 is 1.67 bits per heavy atom. The Bertz CT molecular complexity index is 310. The highest BCUT2D eigenvalue weighted by Crippen LogP contribution is 2.00. The number of hydrogen-bond donors (Lipinski definition) is 1. The molecule has 4 nitrogen and oxygen atoms in total. The van der Waals surface area contributed by atoms with Gasteiger partial charge >= 0.3 is 0 Å². The first-order valence-electron chi connectivity index (χ1n) is 3.42. The molecule has 0 saturated heterocycles. The normalized spacial score (nSPS) is 9.33. The van der Waals surface area contributed by atoms with Gasteiger partial charge in [-0.1, -0.05) is 0 Å². The molecule has 1 heterocycles. The van der Waals surface area contributed by atoms with Crippen LogP contribution in [0, 0.1) is 0 Å². The molecule has 0 radical (unpaired) electrons. The Hall–Kier alpha value is -1.71. The van der Waals surface area contributed by atoms with Gasteiger partial charge in [0, 0.05) is 12.6 Å². The summed E-state index contributed by atoms with van der Waals surface area (Å²) in [4.78, 5) is 24.5. The number of carbonyl (C=O) groups excluding carboxylic acids is 2. The maximum Gasteiger partial charge on any atom is 0.267 e. The van der Waals surface area contributed by atoms with Crippen molar-refractivity contribution in [3.8, 4) is 0 Å². The Morgan fingerprint density at radius 2 is 2.42 bits per heavy atom. The first-order chi connectivity index (χ1) is 5.74. The first kappa shape index (κ1) is 8.39. The van der Waals surface area contributed by atoms with Crippen LogP contribution in [0.5, 0.6) is 0 Å². The van der Waals surface area contributed by atoms with E-state index in [-0.39, 0.29) is 12.1 Å². The van der Waals surface area contributed by atoms with E-state index in [0.29, 0.717) is 0 Å². The largest absolute Gasteiger partial charge is 0.364 e. The van der Waals surface area contributed by atoms with Gasteiger partial charge in [-0.15, -0.1) is 0 Å². The van der Waals surface area contributed by atoms with Gasteiger partial charge in [0.25, 0.3) is 5.91 Å². The van der Waals surface area contributed by atoms with E-state index in [1.807, 2.05) is 0 Å². The molecule has 1 aromatic heterocycles. The molecule has 12 heavy (non-hydrogen) atoms. The molecule has 0 bridgehead atoms. The quantitative estimate of drug-likeness (QED) is 0.635. The topological polar surface area (TPSA) is 73.1 Å². The van der Waals surface area contributed by atoms with Gasteiger partial charge in [0.2, 0.25) is 0 Å². The van der Waals surface area contributed by atoms with Crippen molar-refractivity contribution in [1.82, 2.24) is 4.98 Å². The van der Waals surface area contributed by atoms with Gasteiger partial charge in [-0.05, 0) is 17.7 Å². The van der Waals surface area contributed by atoms with Crippen molar-refractivity contribution in [1.29, 1.82) is 0 Å². The van der Waals surface area contributed by atoms with Crippen molar-refractivity contribution >= 4 is 12.2 Å². The summed E-state index contributed by atoms with van der Waals surface area (Å²) < 4.78 is 0. The summed E-state index contributed by atoms with van der Waals surface area (Å²) in [5.41, 5.74) is 5.92. The lowest BCUT2D eigenvalue weighted by Gasteiger charge is -1.96. The molecule has 1 amide bonds. The van der Waals surface area contributed by atoms with Crippen molar-refractivity contribution in [2.45, 2.75) is 6.42 Å². The summed E-state index contributed by atoms with van der Waals surface area (Å²) in [6.07, 6.45) is 2.50. The first-order valence-corrected chi connectivity index (χ1v) is 3.42. The molecule has 0 spiro atoms. The Kier molecular flexibility index (Phi) is 2.53. The van der Waals surface area contributed by atoms with Crippen molar-refractivity contribution in [2.24, 2.45) is 5.73 Å². The molecule has 0 aliphatic carbocycles. The SMILES string of the molecule is NC(=O)c1cc(CC=O)ccn1. The smallest absolute Gasteiger partial charge is 0.267 e. The zero-order chi connectivity index (χ0) is 8.97. The second kappa shape index (κ2) is 3.61. The third-order valence-corrected chi connectivity index (χ3v) is 1.40. The highest BCUT2D eigenvalue weighted by molar-refractivity contribution is 5.90. The van der Waals surface area contributed by atoms with Crippen molar-refractivity contribution < 1.29 is 9.59 Å². The second-order valence-corrected chi connectivity index (χ2v) is 2.28. The minimum absolute atomic E-state index is 0.189. The van der Waals surface area contributed by atoms with E-state index in [0.717, 1.165) is 11.8 Å². The molecule has 2 N–H and O–H groups in total. The molecule has 0 unspecified atom stereocenters. The summed E-state index contributed by atoms with van der Waals surface area (Å²) >= 11 is 0. The number of nitrogens with two attached hydrogens (primary N) is 1. The van der Waals surface area contributed by atoms with Gasteiger partial charge in [0.05, 0.1) is 0 Å². The summed E-state index contributed by atoms with van der Waals surface area (Å²) in [6.45, 7) is 0. The highest BCUT2D eigenvalue weighted by Gasteiger charge is 2.01. The molecule has 0 aliphatic heterocycles. The molecule has 1 rings (SSSR count). The van der Waals surface area contributed by atoms with E-state index in [2.05, 4.69) is 4.98 Å². The fourth-order valence-electron chi connectivity index (χ4n) is 0.832. The van der Waals surface area contributed by atoms with Gasteiger partial charge in [-0.25, -0.2) is 0 Å². The number of aromatic nitrogens is 1. The molecule has 0 aliphatic rings. The lowest BCUT2D eigenvalue weighted by molar-refractivity contribution is -0.107. The van der Waals surface area contributed by atoms with Crippen LogP contribution in [0.2, 0.25) is 0 Å². The van der Waals surface area contributed by atoms with Crippen LogP contribution in [0.3, 0.4) is 0 Å². The number of pyridine rings is 1. The lowest BCUT2D eigenvalue weighted by atomic mass is 10.2. The average molecular weight is 164 g/mol. The van der Waals surface area contributed by atoms with Crippen LogP contribution in [0.25, 0.3) is 0 Å². The third kappa shape index (κ3) is 1.88. The molecule has 4 heteroatoms. The van der Waals surface area contributed by atoms with Crippen LogP contribution >= 0.6 is 0 Å². The number of aldehydes is 1. The van der Waals surface area contributed by atoms with Crippen LogP contribution in [0.15, 0.2) is 18.3 Å². The molecule has 1 aromatic rings. The van der Waals surface area contributed by atoms with Gasteiger partial charge in [0.1, 0.15) is 12.0 Å². The predicted molar refractivity (Wildman–Crippen MR) is 42.5 cm³/mol. The van der Waals surface area contributed by atoms with Gasteiger partial charge < -0.3 is 10.5 Å². The van der Waals surface area contributed by atoms with Crippen LogP contribution in [0.4, 0.5) is 0 Å². The molecular weight excluding hydrogens is 156 g/mol. The molecule has 0 saturated carbocycles. The van der Waals surface area contributed by atoms with Crippen LogP contribution in [-0.2, 0) is 11.2 Å². The second-order valence-electron chi connectivity index (χ2n) is 2.28. The molecule has 0 aromatic carbocycles. The maximum absolute atomic E-state index is 10.6. The third-order valence-electron chi connectivity index (χ3n) is 1.40. The van der Waals surface area contributed by atoms with E-state index in [9.17, 15) is 9.59 Å². The predicted octanol–water partition coefficient (Wildman–Crippen LogP) is -0.0781. The standard InChI is InChI=1S/C8H8N2O2/c9-8(12)7-5-6(2-4-11)1-3-10-7/h1,3-5H,2H2,(H2,9,12). The number of primary amides is 1. The Labute approximate surface area is 69.4 Å². The Morgan fingerprint density at radius 3 is 3.00 bits per heavy atom. The zero-order valence-corrected chi connectivity index (χ0v) is 6.36. The summed E-state index contributed by atoms with van der Waals surface area (Å²) in [6, 6.07) is 3.18. The average Bonchev–Trinajstić information content (AvgIpc) is 2.05. The number of rotatable bonds is 3. The minimum Gasteiger partial charge on any atom is -0.364 e. The van der Waals surface area contributed by atoms with Crippen molar-refractivity contribution in [2.75, 3.05) is 0 Å². The summed E-state index contributed by atoms with van der Waals surface area (Å²) in [7, 11) is 0. The monoisotopic (exact) mass is 164 g/mol. The summed E-state index contributed by atoms with van der Waals surface area (Å²) in [5, 5.41) is 0. The highest BCUT2D eigenvalue weighted by atomic mass is 16.1. The fraction of sp³-hybridized carbons (Fsp3) is 0.125. The van der Waals surface area contributed by atoms with Gasteiger partial charge in [-0.3, -0.25) is 9.78 Å². The number of carbonyl (C=O) groups is 2. The summed E-state index contributed by atoms with van der Waals surface area (Å²) in [5.74, 6) is -0.581. The van der Waals surface area contributed by atoms with E-state index in [1.54, 1.807) is 6.07 Å². The fourth-order valence-corrected chi connectivity index (χ4v) is 0.832. The number of hydrogen-bond acceptors (Lipinski definition) is 3. The van der Waals surface area contributed by atoms with E-state index >= 15 is 0 Å². The van der Waals surface area contributed by atoms with E-state index in [4.69, 9.17) is 5.73 Å². The Balaban J connectivity index is 2.95. The zero-order valence-electron chi connectivity index (χ0n) is 6.36. The molecule has 0 atom stereocenters. The molecule has 0 fully saturated rings. The number of amides is 1. The molecular formula is C8H8N2O2. The van der Waals surface area contributed by atoms with E-state index in [1.165, 1.54) is 12.3 Å². The molecule has 62 valence electrons. The van der Waals surface area contributed by atoms with Gasteiger partial charge in [-0.2, -0.15) is 0 Å². The van der Waals surface area contributed by atoms with Crippen molar-refractivity contribution in [3.05, 3.63) is 29.6 Å². The van der Waals surface area contributed by atoms with Crippen LogP contribution in [-0.4, -0.2) is 17.2 Å². The number of nitrogens with zero attached hydrogens (tertiary/aromatic N) is 1. The van der Waals surface area contributed by atoms with Crippen molar-refractivity contribution in [3.63, 3.8) is 0 Å².